The molecule has 2 amide bonds. The van der Waals surface area contributed by atoms with Gasteiger partial charge in [-0.3, -0.25) is 9.59 Å². The lowest BCUT2D eigenvalue weighted by Crippen LogP contribution is -2.31. The normalized spacial score (nSPS) is 17.7. The lowest BCUT2D eigenvalue weighted by molar-refractivity contribution is -0.121. The molecule has 0 heterocycles. The molecule has 0 saturated heterocycles. The Morgan fingerprint density at radius 1 is 1.26 bits per heavy atom. The maximum absolute atomic E-state index is 12.0. The van der Waals surface area contributed by atoms with E-state index in [1.165, 1.54) is 0 Å². The molecule has 0 aromatic heterocycles. The molecule has 124 valence electrons. The molecular formula is C19H26N2O2. The van der Waals surface area contributed by atoms with E-state index in [1.807, 2.05) is 26.0 Å². The highest BCUT2D eigenvalue weighted by Crippen LogP contribution is 2.20. The second-order valence-electron chi connectivity index (χ2n) is 6.23. The molecule has 4 nitrogen and oxygen atoms in total. The van der Waals surface area contributed by atoms with Gasteiger partial charge in [-0.1, -0.05) is 31.2 Å². The molecule has 23 heavy (non-hydrogen) atoms. The van der Waals surface area contributed by atoms with Crippen LogP contribution < -0.4 is 10.6 Å². The van der Waals surface area contributed by atoms with Crippen molar-refractivity contribution < 1.29 is 9.59 Å². The number of nitrogens with one attached hydrogen (secondary N) is 2. The average Bonchev–Trinajstić information content (AvgIpc) is 3.06. The number of carbonyl (C=O) groups excluding carboxylic acids is 2. The van der Waals surface area contributed by atoms with Gasteiger partial charge in [0, 0.05) is 24.6 Å². The Bertz CT molecular complexity index is 563. The quantitative estimate of drug-likeness (QED) is 0.759. The van der Waals surface area contributed by atoms with E-state index in [9.17, 15) is 9.59 Å². The second-order valence-corrected chi connectivity index (χ2v) is 6.23. The molecule has 1 aliphatic carbocycles. The summed E-state index contributed by atoms with van der Waals surface area (Å²) in [6.45, 7) is 4.53. The van der Waals surface area contributed by atoms with Gasteiger partial charge in [-0.25, -0.2) is 0 Å². The number of carbonyl (C=O) groups is 2. The first kappa shape index (κ1) is 17.3. The van der Waals surface area contributed by atoms with Gasteiger partial charge in [0.15, 0.2) is 0 Å². The first-order chi connectivity index (χ1) is 11.1. The van der Waals surface area contributed by atoms with Crippen molar-refractivity contribution in [2.75, 3.05) is 0 Å². The minimum absolute atomic E-state index is 0.0528. The third-order valence-electron chi connectivity index (χ3n) is 4.26. The van der Waals surface area contributed by atoms with Crippen LogP contribution in [0.2, 0.25) is 0 Å². The van der Waals surface area contributed by atoms with Crippen LogP contribution in [-0.2, 0) is 11.3 Å². The van der Waals surface area contributed by atoms with Crippen molar-refractivity contribution in [2.45, 2.75) is 52.1 Å². The first-order valence-electron chi connectivity index (χ1n) is 8.41. The van der Waals surface area contributed by atoms with E-state index in [-0.39, 0.29) is 17.9 Å². The molecule has 2 rings (SSSR count). The number of hydrogen-bond donors (Lipinski definition) is 2. The van der Waals surface area contributed by atoms with Crippen molar-refractivity contribution in [1.29, 1.82) is 0 Å². The van der Waals surface area contributed by atoms with E-state index in [2.05, 4.69) is 22.8 Å². The summed E-state index contributed by atoms with van der Waals surface area (Å²) in [7, 11) is 0. The molecule has 0 unspecified atom stereocenters. The van der Waals surface area contributed by atoms with Gasteiger partial charge in [-0.15, -0.1) is 0 Å². The highest BCUT2D eigenvalue weighted by atomic mass is 16.2. The summed E-state index contributed by atoms with van der Waals surface area (Å²) < 4.78 is 0. The van der Waals surface area contributed by atoms with Gasteiger partial charge in [0.2, 0.25) is 5.91 Å². The number of hydrogen-bond acceptors (Lipinski definition) is 2. The van der Waals surface area contributed by atoms with Crippen molar-refractivity contribution in [1.82, 2.24) is 10.6 Å². The summed E-state index contributed by atoms with van der Waals surface area (Å²) in [6, 6.07) is 7.56. The molecule has 1 aromatic carbocycles. The van der Waals surface area contributed by atoms with Crippen LogP contribution in [-0.4, -0.2) is 17.9 Å². The summed E-state index contributed by atoms with van der Waals surface area (Å²) in [4.78, 5) is 23.9. The molecule has 2 atom stereocenters. The summed E-state index contributed by atoms with van der Waals surface area (Å²) in [5, 5.41) is 5.88. The minimum atomic E-state index is -0.0528. The van der Waals surface area contributed by atoms with E-state index in [0.717, 1.165) is 24.8 Å². The summed E-state index contributed by atoms with van der Waals surface area (Å²) >= 11 is 0. The zero-order valence-electron chi connectivity index (χ0n) is 14.0. The number of benzene rings is 1. The lowest BCUT2D eigenvalue weighted by Gasteiger charge is -2.12. The molecule has 0 fully saturated rings. The average molecular weight is 314 g/mol. The standard InChI is InChI=1S/C19H26N2O2/c1-3-14(2)21-19(23)17-10-8-16(9-11-17)13-20-18(22)12-15-6-4-5-7-15/h4,6,8-11,14-15H,3,5,7,12-13H2,1-2H3,(H,20,22)(H,21,23)/t14-,15-/m1/s1. The Hall–Kier alpha value is -2.10. The maximum Gasteiger partial charge on any atom is 0.251 e. The topological polar surface area (TPSA) is 58.2 Å². The molecular weight excluding hydrogens is 288 g/mol. The zero-order valence-corrected chi connectivity index (χ0v) is 14.0. The maximum atomic E-state index is 12.0. The van der Waals surface area contributed by atoms with Gasteiger partial charge < -0.3 is 10.6 Å². The third kappa shape index (κ3) is 5.55. The van der Waals surface area contributed by atoms with Crippen LogP contribution in [0.25, 0.3) is 0 Å². The fourth-order valence-electron chi connectivity index (χ4n) is 2.56. The van der Waals surface area contributed by atoms with Gasteiger partial charge in [0.25, 0.3) is 5.91 Å². The lowest BCUT2D eigenvalue weighted by atomic mass is 10.0. The molecule has 0 bridgehead atoms. The van der Waals surface area contributed by atoms with E-state index < -0.39 is 0 Å². The van der Waals surface area contributed by atoms with Gasteiger partial charge in [0.1, 0.15) is 0 Å². The van der Waals surface area contributed by atoms with Crippen LogP contribution in [0.4, 0.5) is 0 Å². The Morgan fingerprint density at radius 3 is 2.61 bits per heavy atom. The Morgan fingerprint density at radius 2 is 2.00 bits per heavy atom. The molecule has 0 radical (unpaired) electrons. The van der Waals surface area contributed by atoms with Crippen molar-refractivity contribution in [3.63, 3.8) is 0 Å². The highest BCUT2D eigenvalue weighted by Gasteiger charge is 2.13. The van der Waals surface area contributed by atoms with Crippen LogP contribution in [0.3, 0.4) is 0 Å². The zero-order chi connectivity index (χ0) is 16.7. The predicted octanol–water partition coefficient (Wildman–Crippen LogP) is 3.19. The second kappa shape index (κ2) is 8.51. The minimum Gasteiger partial charge on any atom is -0.352 e. The fourth-order valence-corrected chi connectivity index (χ4v) is 2.56. The van der Waals surface area contributed by atoms with E-state index in [1.54, 1.807) is 12.1 Å². The number of allylic oxidation sites excluding steroid dienone is 2. The summed E-state index contributed by atoms with van der Waals surface area (Å²) in [6.07, 6.45) is 7.90. The Kier molecular flexibility index (Phi) is 6.39. The molecule has 1 aromatic rings. The van der Waals surface area contributed by atoms with Crippen LogP contribution in [0, 0.1) is 5.92 Å². The van der Waals surface area contributed by atoms with Crippen molar-refractivity contribution in [3.8, 4) is 0 Å². The van der Waals surface area contributed by atoms with Gasteiger partial charge in [0.05, 0.1) is 0 Å². The van der Waals surface area contributed by atoms with E-state index in [4.69, 9.17) is 0 Å². The van der Waals surface area contributed by atoms with Crippen molar-refractivity contribution in [2.24, 2.45) is 5.92 Å². The van der Waals surface area contributed by atoms with Crippen molar-refractivity contribution >= 4 is 11.8 Å². The van der Waals surface area contributed by atoms with Gasteiger partial charge in [-0.2, -0.15) is 0 Å². The molecule has 2 N–H and O–H groups in total. The van der Waals surface area contributed by atoms with Gasteiger partial charge in [-0.05, 0) is 49.8 Å². The SMILES string of the molecule is CC[C@@H](C)NC(=O)c1ccc(CNC(=O)C[C@@H]2C=CCC2)cc1. The van der Waals surface area contributed by atoms with Crippen LogP contribution in [0.5, 0.6) is 0 Å². The van der Waals surface area contributed by atoms with Crippen LogP contribution >= 0.6 is 0 Å². The Balaban J connectivity index is 1.79. The van der Waals surface area contributed by atoms with Gasteiger partial charge >= 0.3 is 0 Å². The first-order valence-corrected chi connectivity index (χ1v) is 8.41. The van der Waals surface area contributed by atoms with Crippen LogP contribution in [0.1, 0.15) is 55.5 Å². The third-order valence-corrected chi connectivity index (χ3v) is 4.26. The smallest absolute Gasteiger partial charge is 0.251 e. The monoisotopic (exact) mass is 314 g/mol. The van der Waals surface area contributed by atoms with E-state index in [0.29, 0.717) is 24.4 Å². The van der Waals surface area contributed by atoms with E-state index >= 15 is 0 Å². The highest BCUT2D eigenvalue weighted by molar-refractivity contribution is 5.94. The Labute approximate surface area is 138 Å². The summed E-state index contributed by atoms with van der Waals surface area (Å²) in [5.41, 5.74) is 1.65. The van der Waals surface area contributed by atoms with Crippen molar-refractivity contribution in [3.05, 3.63) is 47.5 Å². The number of rotatable bonds is 7. The molecule has 4 heteroatoms. The predicted molar refractivity (Wildman–Crippen MR) is 92.0 cm³/mol. The largest absolute Gasteiger partial charge is 0.352 e. The molecule has 0 aliphatic heterocycles. The molecule has 1 aliphatic rings. The fraction of sp³-hybridized carbons (Fsp3) is 0.474. The molecule has 0 spiro atoms. The number of amides is 2. The summed E-state index contributed by atoms with van der Waals surface area (Å²) in [5.74, 6) is 0.421. The van der Waals surface area contributed by atoms with Crippen LogP contribution in [0.15, 0.2) is 36.4 Å². The molecule has 0 saturated carbocycles.